The van der Waals surface area contributed by atoms with Crippen molar-refractivity contribution in [2.45, 2.75) is 20.3 Å². The summed E-state index contributed by atoms with van der Waals surface area (Å²) in [6, 6.07) is 5.39. The molecule has 4 heteroatoms. The molecular weight excluding hydrogens is 238 g/mol. The Morgan fingerprint density at radius 3 is 2.88 bits per heavy atom. The van der Waals surface area contributed by atoms with Gasteiger partial charge in [0.05, 0.1) is 10.6 Å². The van der Waals surface area contributed by atoms with E-state index in [0.717, 1.165) is 5.56 Å². The summed E-state index contributed by atoms with van der Waals surface area (Å²) >= 11 is 6.06. The third-order valence-electron chi connectivity index (χ3n) is 2.67. The molecule has 1 aromatic rings. The fraction of sp³-hybridized carbons (Fsp3) is 0.462. The Morgan fingerprint density at radius 2 is 2.24 bits per heavy atom. The summed E-state index contributed by atoms with van der Waals surface area (Å²) in [5.74, 6) is 0.0935. The molecule has 0 aliphatic rings. The molecule has 0 bridgehead atoms. The predicted molar refractivity (Wildman–Crippen MR) is 69.4 cm³/mol. The Bertz CT molecular complexity index is 393. The maximum Gasteiger partial charge on any atom is 0.252 e. The van der Waals surface area contributed by atoms with Gasteiger partial charge in [-0.3, -0.25) is 4.79 Å². The summed E-state index contributed by atoms with van der Waals surface area (Å²) in [6.07, 6.45) is 0.682. The standard InChI is InChI=1S/C13H18ClNO2/c1-9(6-7-16)8-15-13(17)11-5-3-4-10(2)12(11)14/h3-5,9,16H,6-8H2,1-2H3,(H,15,17). The Hall–Kier alpha value is -1.06. The zero-order valence-electron chi connectivity index (χ0n) is 10.2. The molecule has 0 saturated carbocycles. The average molecular weight is 256 g/mol. The molecule has 1 atom stereocenters. The molecule has 1 unspecified atom stereocenters. The molecule has 0 spiro atoms. The first kappa shape index (κ1) is 14.0. The number of amides is 1. The SMILES string of the molecule is Cc1cccc(C(=O)NCC(C)CCO)c1Cl. The highest BCUT2D eigenvalue weighted by atomic mass is 35.5. The van der Waals surface area contributed by atoms with Gasteiger partial charge in [-0.25, -0.2) is 0 Å². The van der Waals surface area contributed by atoms with Crippen molar-refractivity contribution in [3.8, 4) is 0 Å². The number of halogens is 1. The first-order valence-electron chi connectivity index (χ1n) is 5.70. The van der Waals surface area contributed by atoms with E-state index in [9.17, 15) is 4.79 Å². The third kappa shape index (κ3) is 4.02. The van der Waals surface area contributed by atoms with E-state index in [2.05, 4.69) is 5.32 Å². The molecule has 2 N–H and O–H groups in total. The van der Waals surface area contributed by atoms with E-state index in [1.165, 1.54) is 0 Å². The topological polar surface area (TPSA) is 49.3 Å². The number of rotatable bonds is 5. The van der Waals surface area contributed by atoms with Gasteiger partial charge in [0.2, 0.25) is 0 Å². The Kier molecular flexibility index (Phi) is 5.45. The van der Waals surface area contributed by atoms with Crippen molar-refractivity contribution >= 4 is 17.5 Å². The fourth-order valence-electron chi connectivity index (χ4n) is 1.51. The highest BCUT2D eigenvalue weighted by Gasteiger charge is 2.12. The van der Waals surface area contributed by atoms with Crippen molar-refractivity contribution in [3.05, 3.63) is 34.3 Å². The molecular formula is C13H18ClNO2. The van der Waals surface area contributed by atoms with E-state index >= 15 is 0 Å². The van der Waals surface area contributed by atoms with Crippen LogP contribution in [-0.4, -0.2) is 24.2 Å². The monoisotopic (exact) mass is 255 g/mol. The molecule has 3 nitrogen and oxygen atoms in total. The summed E-state index contributed by atoms with van der Waals surface area (Å²) in [6.45, 7) is 4.54. The van der Waals surface area contributed by atoms with Crippen molar-refractivity contribution in [2.75, 3.05) is 13.2 Å². The lowest BCUT2D eigenvalue weighted by Crippen LogP contribution is -2.28. The van der Waals surface area contributed by atoms with Gasteiger partial charge in [-0.15, -0.1) is 0 Å². The van der Waals surface area contributed by atoms with E-state index in [-0.39, 0.29) is 18.4 Å². The molecule has 17 heavy (non-hydrogen) atoms. The van der Waals surface area contributed by atoms with E-state index in [4.69, 9.17) is 16.7 Å². The van der Waals surface area contributed by atoms with Crippen LogP contribution >= 0.6 is 11.6 Å². The van der Waals surface area contributed by atoms with Crippen LogP contribution in [0.2, 0.25) is 5.02 Å². The minimum Gasteiger partial charge on any atom is -0.396 e. The van der Waals surface area contributed by atoms with Gasteiger partial charge in [0.15, 0.2) is 0 Å². The molecule has 0 heterocycles. The van der Waals surface area contributed by atoms with Gasteiger partial charge in [0, 0.05) is 13.2 Å². The molecule has 0 aliphatic carbocycles. The van der Waals surface area contributed by atoms with E-state index in [1.807, 2.05) is 26.0 Å². The van der Waals surface area contributed by atoms with E-state index < -0.39 is 0 Å². The Balaban J connectivity index is 2.61. The number of carbonyl (C=O) groups excluding carboxylic acids is 1. The lowest BCUT2D eigenvalue weighted by atomic mass is 10.1. The van der Waals surface area contributed by atoms with Crippen molar-refractivity contribution in [2.24, 2.45) is 5.92 Å². The average Bonchev–Trinajstić information content (AvgIpc) is 2.30. The summed E-state index contributed by atoms with van der Waals surface area (Å²) in [5.41, 5.74) is 1.39. The minimum absolute atomic E-state index is 0.141. The zero-order chi connectivity index (χ0) is 12.8. The molecule has 0 radical (unpaired) electrons. The highest BCUT2D eigenvalue weighted by molar-refractivity contribution is 6.34. The largest absolute Gasteiger partial charge is 0.396 e. The van der Waals surface area contributed by atoms with Crippen LogP contribution in [0, 0.1) is 12.8 Å². The summed E-state index contributed by atoms with van der Waals surface area (Å²) in [4.78, 5) is 11.9. The second kappa shape index (κ2) is 6.62. The minimum atomic E-state index is -0.163. The highest BCUT2D eigenvalue weighted by Crippen LogP contribution is 2.20. The van der Waals surface area contributed by atoms with E-state index in [0.29, 0.717) is 23.6 Å². The number of benzene rings is 1. The third-order valence-corrected chi connectivity index (χ3v) is 3.17. The predicted octanol–water partition coefficient (Wildman–Crippen LogP) is 2.40. The molecule has 0 aromatic heterocycles. The quantitative estimate of drug-likeness (QED) is 0.849. The van der Waals surface area contributed by atoms with Crippen LogP contribution in [0.15, 0.2) is 18.2 Å². The smallest absolute Gasteiger partial charge is 0.252 e. The zero-order valence-corrected chi connectivity index (χ0v) is 10.9. The van der Waals surface area contributed by atoms with Gasteiger partial charge in [0.1, 0.15) is 0 Å². The molecule has 0 fully saturated rings. The number of aliphatic hydroxyl groups excluding tert-OH is 1. The van der Waals surface area contributed by atoms with Crippen LogP contribution in [-0.2, 0) is 0 Å². The maximum atomic E-state index is 11.9. The molecule has 1 rings (SSSR count). The van der Waals surface area contributed by atoms with Gasteiger partial charge in [-0.05, 0) is 30.9 Å². The second-order valence-corrected chi connectivity index (χ2v) is 4.64. The van der Waals surface area contributed by atoms with Gasteiger partial charge in [0.25, 0.3) is 5.91 Å². The van der Waals surface area contributed by atoms with Crippen LogP contribution in [0.5, 0.6) is 0 Å². The Morgan fingerprint density at radius 1 is 1.53 bits per heavy atom. The van der Waals surface area contributed by atoms with Crippen LogP contribution < -0.4 is 5.32 Å². The number of hydrogen-bond acceptors (Lipinski definition) is 2. The molecule has 94 valence electrons. The molecule has 0 aliphatic heterocycles. The lowest BCUT2D eigenvalue weighted by Gasteiger charge is -2.12. The Labute approximate surface area is 107 Å². The summed E-state index contributed by atoms with van der Waals surface area (Å²) in [5, 5.41) is 12.1. The van der Waals surface area contributed by atoms with Gasteiger partial charge in [-0.2, -0.15) is 0 Å². The van der Waals surface area contributed by atoms with Gasteiger partial charge >= 0.3 is 0 Å². The summed E-state index contributed by atoms with van der Waals surface area (Å²) in [7, 11) is 0. The van der Waals surface area contributed by atoms with Gasteiger partial charge in [-0.1, -0.05) is 30.7 Å². The first-order chi connectivity index (χ1) is 8.06. The van der Waals surface area contributed by atoms with Crippen LogP contribution in [0.4, 0.5) is 0 Å². The van der Waals surface area contributed by atoms with Crippen LogP contribution in [0.3, 0.4) is 0 Å². The molecule has 1 aromatic carbocycles. The van der Waals surface area contributed by atoms with Crippen molar-refractivity contribution in [1.29, 1.82) is 0 Å². The first-order valence-corrected chi connectivity index (χ1v) is 6.08. The lowest BCUT2D eigenvalue weighted by molar-refractivity contribution is 0.0945. The number of aliphatic hydroxyl groups is 1. The van der Waals surface area contributed by atoms with Crippen molar-refractivity contribution in [1.82, 2.24) is 5.32 Å². The van der Waals surface area contributed by atoms with Crippen LogP contribution in [0.1, 0.15) is 29.3 Å². The molecule has 1 amide bonds. The number of aryl methyl sites for hydroxylation is 1. The number of carbonyl (C=O) groups is 1. The fourth-order valence-corrected chi connectivity index (χ4v) is 1.72. The van der Waals surface area contributed by atoms with Crippen molar-refractivity contribution < 1.29 is 9.90 Å². The summed E-state index contributed by atoms with van der Waals surface area (Å²) < 4.78 is 0. The van der Waals surface area contributed by atoms with Crippen molar-refractivity contribution in [3.63, 3.8) is 0 Å². The normalized spacial score (nSPS) is 12.2. The number of hydrogen-bond donors (Lipinski definition) is 2. The second-order valence-electron chi connectivity index (χ2n) is 4.26. The van der Waals surface area contributed by atoms with Gasteiger partial charge < -0.3 is 10.4 Å². The van der Waals surface area contributed by atoms with E-state index in [1.54, 1.807) is 6.07 Å². The molecule has 0 saturated heterocycles. The maximum absolute atomic E-state index is 11.9. The van der Waals surface area contributed by atoms with Crippen LogP contribution in [0.25, 0.3) is 0 Å². The number of nitrogens with one attached hydrogen (secondary N) is 1.